The van der Waals surface area contributed by atoms with Crippen LogP contribution >= 0.6 is 12.2 Å². The molecule has 0 radical (unpaired) electrons. The molecule has 0 aliphatic heterocycles. The van der Waals surface area contributed by atoms with Crippen molar-refractivity contribution in [3.05, 3.63) is 59.4 Å². The predicted molar refractivity (Wildman–Crippen MR) is 86.6 cm³/mol. The van der Waals surface area contributed by atoms with Crippen LogP contribution in [0, 0.1) is 4.77 Å². The summed E-state index contributed by atoms with van der Waals surface area (Å²) in [5, 5.41) is 13.8. The van der Waals surface area contributed by atoms with Crippen LogP contribution in [0.5, 0.6) is 5.75 Å². The zero-order valence-electron chi connectivity index (χ0n) is 12.0. The van der Waals surface area contributed by atoms with Crippen LogP contribution < -0.4 is 4.74 Å². The molecule has 0 bridgehead atoms. The van der Waals surface area contributed by atoms with E-state index in [1.807, 2.05) is 59.2 Å². The Morgan fingerprint density at radius 3 is 2.36 bits per heavy atom. The molecule has 1 N–H and O–H groups in total. The summed E-state index contributed by atoms with van der Waals surface area (Å²) in [7, 11) is 1.63. The van der Waals surface area contributed by atoms with Gasteiger partial charge in [0.05, 0.1) is 7.11 Å². The van der Waals surface area contributed by atoms with Crippen LogP contribution in [0.25, 0.3) is 17.1 Å². The maximum atomic E-state index is 9.43. The van der Waals surface area contributed by atoms with Gasteiger partial charge in [-0.1, -0.05) is 18.2 Å². The van der Waals surface area contributed by atoms with Crippen molar-refractivity contribution in [2.24, 2.45) is 0 Å². The molecule has 0 aliphatic rings. The molecule has 0 unspecified atom stereocenters. The predicted octanol–water partition coefficient (Wildman–Crippen LogP) is 3.03. The van der Waals surface area contributed by atoms with Gasteiger partial charge in [-0.05, 0) is 48.6 Å². The summed E-state index contributed by atoms with van der Waals surface area (Å²) in [5.41, 5.74) is 1.79. The van der Waals surface area contributed by atoms with Gasteiger partial charge in [-0.25, -0.2) is 4.68 Å². The number of para-hydroxylation sites is 1. The first kappa shape index (κ1) is 14.5. The lowest BCUT2D eigenvalue weighted by atomic mass is 10.2. The second-order valence-electron chi connectivity index (χ2n) is 4.65. The number of benzene rings is 2. The molecule has 3 rings (SSSR count). The summed E-state index contributed by atoms with van der Waals surface area (Å²) in [6.45, 7) is -0.262. The van der Waals surface area contributed by atoms with Crippen molar-refractivity contribution in [3.8, 4) is 22.8 Å². The number of ether oxygens (including phenoxy) is 1. The molecule has 0 amide bonds. The van der Waals surface area contributed by atoms with Crippen molar-refractivity contribution in [1.29, 1.82) is 0 Å². The van der Waals surface area contributed by atoms with Gasteiger partial charge in [0.2, 0.25) is 4.77 Å². The SMILES string of the molecule is COc1ccc(-c2nn(CO)c(=S)n2-c2ccccc2)cc1. The number of hydrogen-bond acceptors (Lipinski definition) is 4. The molecule has 2 aromatic carbocycles. The first-order chi connectivity index (χ1) is 10.7. The van der Waals surface area contributed by atoms with Crippen molar-refractivity contribution >= 4 is 12.2 Å². The van der Waals surface area contributed by atoms with Crippen molar-refractivity contribution < 1.29 is 9.84 Å². The number of aliphatic hydroxyl groups excluding tert-OH is 1. The maximum Gasteiger partial charge on any atom is 0.205 e. The third-order valence-corrected chi connectivity index (χ3v) is 3.73. The van der Waals surface area contributed by atoms with Crippen LogP contribution in [0.4, 0.5) is 0 Å². The van der Waals surface area contributed by atoms with E-state index < -0.39 is 0 Å². The van der Waals surface area contributed by atoms with Crippen LogP contribution in [0.15, 0.2) is 54.6 Å². The van der Waals surface area contributed by atoms with Gasteiger partial charge >= 0.3 is 0 Å². The normalized spacial score (nSPS) is 10.6. The lowest BCUT2D eigenvalue weighted by Crippen LogP contribution is -2.00. The summed E-state index contributed by atoms with van der Waals surface area (Å²) in [6.07, 6.45) is 0. The van der Waals surface area contributed by atoms with Gasteiger partial charge in [-0.2, -0.15) is 0 Å². The molecule has 0 spiro atoms. The molecule has 1 aromatic heterocycles. The van der Waals surface area contributed by atoms with Gasteiger partial charge in [0.25, 0.3) is 0 Å². The summed E-state index contributed by atoms with van der Waals surface area (Å²) in [5.74, 6) is 1.45. The number of methoxy groups -OCH3 is 1. The highest BCUT2D eigenvalue weighted by Crippen LogP contribution is 2.24. The zero-order valence-corrected chi connectivity index (χ0v) is 12.8. The van der Waals surface area contributed by atoms with Crippen LogP contribution in [-0.4, -0.2) is 26.6 Å². The van der Waals surface area contributed by atoms with E-state index in [0.717, 1.165) is 17.0 Å². The average molecular weight is 313 g/mol. The Morgan fingerprint density at radius 1 is 1.09 bits per heavy atom. The fraction of sp³-hybridized carbons (Fsp3) is 0.125. The van der Waals surface area contributed by atoms with Gasteiger partial charge in [0, 0.05) is 11.3 Å². The maximum absolute atomic E-state index is 9.43. The molecule has 5 nitrogen and oxygen atoms in total. The van der Waals surface area contributed by atoms with Crippen molar-refractivity contribution in [3.63, 3.8) is 0 Å². The van der Waals surface area contributed by atoms with E-state index in [2.05, 4.69) is 5.10 Å². The first-order valence-corrected chi connectivity index (χ1v) is 7.16. The van der Waals surface area contributed by atoms with E-state index in [9.17, 15) is 5.11 Å². The average Bonchev–Trinajstić information content (AvgIpc) is 2.92. The first-order valence-electron chi connectivity index (χ1n) is 6.75. The zero-order chi connectivity index (χ0) is 15.5. The smallest absolute Gasteiger partial charge is 0.205 e. The Labute approximate surface area is 133 Å². The van der Waals surface area contributed by atoms with E-state index in [-0.39, 0.29) is 6.73 Å². The van der Waals surface area contributed by atoms with E-state index in [1.54, 1.807) is 7.11 Å². The van der Waals surface area contributed by atoms with Crippen molar-refractivity contribution in [1.82, 2.24) is 14.3 Å². The molecule has 0 aliphatic carbocycles. The number of nitrogens with zero attached hydrogens (tertiary/aromatic N) is 3. The highest BCUT2D eigenvalue weighted by molar-refractivity contribution is 7.71. The highest BCUT2D eigenvalue weighted by Gasteiger charge is 2.14. The Hall–Kier alpha value is -2.44. The van der Waals surface area contributed by atoms with Crippen LogP contribution in [0.2, 0.25) is 0 Å². The minimum atomic E-state index is -0.262. The van der Waals surface area contributed by atoms with E-state index in [1.165, 1.54) is 4.68 Å². The summed E-state index contributed by atoms with van der Waals surface area (Å²) < 4.78 is 8.85. The minimum absolute atomic E-state index is 0.262. The van der Waals surface area contributed by atoms with E-state index in [4.69, 9.17) is 17.0 Å². The molecule has 0 saturated carbocycles. The lowest BCUT2D eigenvalue weighted by Gasteiger charge is -2.07. The largest absolute Gasteiger partial charge is 0.497 e. The Bertz CT molecular complexity index is 823. The van der Waals surface area contributed by atoms with E-state index in [0.29, 0.717) is 10.6 Å². The summed E-state index contributed by atoms with van der Waals surface area (Å²) in [6, 6.07) is 17.3. The molecule has 0 fully saturated rings. The highest BCUT2D eigenvalue weighted by atomic mass is 32.1. The van der Waals surface area contributed by atoms with Crippen molar-refractivity contribution in [2.45, 2.75) is 6.73 Å². The molecule has 1 heterocycles. The van der Waals surface area contributed by atoms with Gasteiger partial charge in [0.15, 0.2) is 5.82 Å². The lowest BCUT2D eigenvalue weighted by molar-refractivity contribution is 0.193. The quantitative estimate of drug-likeness (QED) is 0.752. The Morgan fingerprint density at radius 2 is 1.77 bits per heavy atom. The van der Waals surface area contributed by atoms with Crippen LogP contribution in [0.3, 0.4) is 0 Å². The third kappa shape index (κ3) is 2.54. The van der Waals surface area contributed by atoms with Crippen LogP contribution in [-0.2, 0) is 6.73 Å². The second kappa shape index (κ2) is 6.13. The molecule has 112 valence electrons. The summed E-state index contributed by atoms with van der Waals surface area (Å²) >= 11 is 5.42. The minimum Gasteiger partial charge on any atom is -0.497 e. The monoisotopic (exact) mass is 313 g/mol. The van der Waals surface area contributed by atoms with Gasteiger partial charge in [-0.15, -0.1) is 5.10 Å². The number of hydrogen-bond donors (Lipinski definition) is 1. The molecule has 0 saturated heterocycles. The molecule has 6 heteroatoms. The number of aliphatic hydroxyl groups is 1. The third-order valence-electron chi connectivity index (χ3n) is 3.34. The second-order valence-corrected chi connectivity index (χ2v) is 5.01. The van der Waals surface area contributed by atoms with Crippen molar-refractivity contribution in [2.75, 3.05) is 7.11 Å². The fourth-order valence-electron chi connectivity index (χ4n) is 2.24. The fourth-order valence-corrected chi connectivity index (χ4v) is 2.53. The molecular formula is C16H15N3O2S. The van der Waals surface area contributed by atoms with E-state index >= 15 is 0 Å². The Balaban J connectivity index is 2.20. The van der Waals surface area contributed by atoms with Gasteiger partial charge in [0.1, 0.15) is 12.5 Å². The molecule has 22 heavy (non-hydrogen) atoms. The topological polar surface area (TPSA) is 52.2 Å². The Kier molecular flexibility index (Phi) is 4.04. The molecular weight excluding hydrogens is 298 g/mol. The van der Waals surface area contributed by atoms with Crippen LogP contribution in [0.1, 0.15) is 0 Å². The number of rotatable bonds is 4. The molecule has 3 aromatic rings. The van der Waals surface area contributed by atoms with Gasteiger partial charge < -0.3 is 9.84 Å². The van der Waals surface area contributed by atoms with Gasteiger partial charge in [-0.3, -0.25) is 4.57 Å². The standard InChI is InChI=1S/C16H15N3O2S/c1-21-14-9-7-12(8-10-14)15-17-18(11-20)16(22)19(15)13-5-3-2-4-6-13/h2-10,20H,11H2,1H3. The summed E-state index contributed by atoms with van der Waals surface area (Å²) in [4.78, 5) is 0. The number of aromatic nitrogens is 3. The molecule has 0 atom stereocenters.